The summed E-state index contributed by atoms with van der Waals surface area (Å²) in [6, 6.07) is 25.9. The van der Waals surface area contributed by atoms with Crippen LogP contribution in [0.2, 0.25) is 0 Å². The minimum absolute atomic E-state index is 0.0588. The van der Waals surface area contributed by atoms with Gasteiger partial charge >= 0.3 is 0 Å². The summed E-state index contributed by atoms with van der Waals surface area (Å²) in [5.74, 6) is 0. The van der Waals surface area contributed by atoms with Gasteiger partial charge in [0.1, 0.15) is 12.2 Å². The summed E-state index contributed by atoms with van der Waals surface area (Å²) >= 11 is 0. The Hall–Kier alpha value is -2.59. The summed E-state index contributed by atoms with van der Waals surface area (Å²) < 4.78 is 55.3. The van der Waals surface area contributed by atoms with Gasteiger partial charge < -0.3 is 18.9 Å². The molecule has 0 radical (unpaired) electrons. The lowest BCUT2D eigenvalue weighted by Gasteiger charge is -2.24. The maximum Gasteiger partial charge on any atom is 0.297 e. The zero-order chi connectivity index (χ0) is 24.7. The average Bonchev–Trinajstić information content (AvgIpc) is 3.19. The minimum atomic E-state index is -4.09. The molecule has 0 saturated carbocycles. The molecule has 0 N–H and O–H groups in total. The first-order valence-electron chi connectivity index (χ1n) is 11.4. The van der Waals surface area contributed by atoms with Crippen molar-refractivity contribution in [3.63, 3.8) is 0 Å². The van der Waals surface area contributed by atoms with Crippen molar-refractivity contribution in [3.8, 4) is 0 Å². The van der Waals surface area contributed by atoms with E-state index in [4.69, 9.17) is 23.1 Å². The van der Waals surface area contributed by atoms with Crippen LogP contribution < -0.4 is 0 Å². The fraction of sp³-hybridized carbons (Fsp3) is 0.333. The molecule has 7 nitrogen and oxygen atoms in total. The summed E-state index contributed by atoms with van der Waals surface area (Å²) in [5.41, 5.74) is 2.91. The largest absolute Gasteiger partial charge is 0.374 e. The number of hydrogen-bond donors (Lipinski definition) is 0. The monoisotopic (exact) mass is 498 g/mol. The van der Waals surface area contributed by atoms with E-state index in [2.05, 4.69) is 0 Å². The van der Waals surface area contributed by atoms with E-state index in [0.717, 1.165) is 16.7 Å². The first kappa shape index (κ1) is 25.5. The number of aryl methyl sites for hydroxylation is 1. The van der Waals surface area contributed by atoms with Crippen molar-refractivity contribution in [2.24, 2.45) is 0 Å². The second kappa shape index (κ2) is 11.9. The summed E-state index contributed by atoms with van der Waals surface area (Å²) in [6.45, 7) is 2.71. The molecule has 186 valence electrons. The van der Waals surface area contributed by atoms with Crippen molar-refractivity contribution in [1.82, 2.24) is 0 Å². The molecule has 0 aromatic heterocycles. The minimum Gasteiger partial charge on any atom is -0.374 e. The van der Waals surface area contributed by atoms with Gasteiger partial charge in [0, 0.05) is 7.11 Å². The van der Waals surface area contributed by atoms with E-state index in [1.807, 2.05) is 67.6 Å². The van der Waals surface area contributed by atoms with Crippen LogP contribution in [0.3, 0.4) is 0 Å². The normalized spacial score (nSPS) is 22.3. The lowest BCUT2D eigenvalue weighted by molar-refractivity contribution is -0.152. The third kappa shape index (κ3) is 6.76. The van der Waals surface area contributed by atoms with Crippen LogP contribution in [0.4, 0.5) is 0 Å². The van der Waals surface area contributed by atoms with Crippen LogP contribution in [0.5, 0.6) is 0 Å². The smallest absolute Gasteiger partial charge is 0.297 e. The highest BCUT2D eigenvalue weighted by atomic mass is 32.2. The van der Waals surface area contributed by atoms with Crippen LogP contribution in [0.25, 0.3) is 0 Å². The molecule has 3 aromatic carbocycles. The van der Waals surface area contributed by atoms with Gasteiger partial charge in [0.05, 0.1) is 24.7 Å². The fourth-order valence-corrected chi connectivity index (χ4v) is 4.93. The first-order valence-corrected chi connectivity index (χ1v) is 12.8. The predicted octanol–water partition coefficient (Wildman–Crippen LogP) is 4.24. The maximum atomic E-state index is 13.1. The van der Waals surface area contributed by atoms with Crippen molar-refractivity contribution < 1.29 is 31.5 Å². The Bertz CT molecular complexity index is 1150. The lowest BCUT2D eigenvalue weighted by Crippen LogP contribution is -2.40. The Kier molecular flexibility index (Phi) is 8.67. The van der Waals surface area contributed by atoms with Crippen molar-refractivity contribution in [1.29, 1.82) is 0 Å². The summed E-state index contributed by atoms with van der Waals surface area (Å²) in [6.07, 6.45) is -3.29. The maximum absolute atomic E-state index is 13.1. The molecule has 0 spiro atoms. The van der Waals surface area contributed by atoms with Gasteiger partial charge in [-0.1, -0.05) is 78.4 Å². The molecule has 4 atom stereocenters. The molecule has 1 aliphatic rings. The highest BCUT2D eigenvalue weighted by Gasteiger charge is 2.49. The van der Waals surface area contributed by atoms with E-state index in [9.17, 15) is 8.42 Å². The van der Waals surface area contributed by atoms with Crippen molar-refractivity contribution in [2.45, 2.75) is 49.6 Å². The van der Waals surface area contributed by atoms with Crippen LogP contribution in [0.1, 0.15) is 16.7 Å². The predicted molar refractivity (Wildman–Crippen MR) is 130 cm³/mol. The second-order valence-corrected chi connectivity index (χ2v) is 9.94. The number of ether oxygens (including phenoxy) is 4. The van der Waals surface area contributed by atoms with Crippen LogP contribution >= 0.6 is 0 Å². The van der Waals surface area contributed by atoms with Gasteiger partial charge in [0.2, 0.25) is 0 Å². The van der Waals surface area contributed by atoms with E-state index in [1.54, 1.807) is 12.1 Å². The molecule has 1 aliphatic heterocycles. The number of hydrogen-bond acceptors (Lipinski definition) is 7. The zero-order valence-electron chi connectivity index (χ0n) is 19.8. The quantitative estimate of drug-likeness (QED) is 0.366. The van der Waals surface area contributed by atoms with E-state index in [-0.39, 0.29) is 18.1 Å². The fourth-order valence-electron chi connectivity index (χ4n) is 3.86. The Morgan fingerprint density at radius 3 is 2.00 bits per heavy atom. The molecule has 8 heteroatoms. The molecule has 0 bridgehead atoms. The summed E-state index contributed by atoms with van der Waals surface area (Å²) in [5, 5.41) is 0. The lowest BCUT2D eigenvalue weighted by atomic mass is 10.1. The molecule has 1 heterocycles. The van der Waals surface area contributed by atoms with Gasteiger partial charge in [-0.15, -0.1) is 0 Å². The van der Waals surface area contributed by atoms with Crippen LogP contribution in [-0.4, -0.2) is 46.7 Å². The molecular formula is C27H30O7S. The molecule has 0 amide bonds. The van der Waals surface area contributed by atoms with Gasteiger partial charge in [0.25, 0.3) is 10.1 Å². The molecule has 35 heavy (non-hydrogen) atoms. The molecule has 3 aromatic rings. The molecule has 1 fully saturated rings. The Balaban J connectivity index is 1.51. The van der Waals surface area contributed by atoms with E-state index in [1.165, 1.54) is 19.2 Å². The Morgan fingerprint density at radius 1 is 0.800 bits per heavy atom. The number of rotatable bonds is 11. The third-order valence-electron chi connectivity index (χ3n) is 5.73. The number of methoxy groups -OCH3 is 1. The van der Waals surface area contributed by atoms with Gasteiger partial charge in [-0.05, 0) is 30.2 Å². The van der Waals surface area contributed by atoms with E-state index in [0.29, 0.717) is 6.61 Å². The summed E-state index contributed by atoms with van der Waals surface area (Å²) in [7, 11) is -2.64. The molecule has 0 unspecified atom stereocenters. The third-order valence-corrected chi connectivity index (χ3v) is 7.05. The zero-order valence-corrected chi connectivity index (χ0v) is 20.6. The van der Waals surface area contributed by atoms with Gasteiger partial charge in [-0.2, -0.15) is 8.42 Å². The van der Waals surface area contributed by atoms with Crippen molar-refractivity contribution >= 4 is 10.1 Å². The molecule has 4 rings (SSSR count). The number of benzene rings is 3. The Morgan fingerprint density at radius 2 is 1.40 bits per heavy atom. The van der Waals surface area contributed by atoms with E-state index >= 15 is 0 Å². The SMILES string of the molecule is CO[C@H]1O[C@H](COCc2ccccc2)[C@H](OCc2ccccc2)[C@@H]1OS(=O)(=O)c1ccc(C)cc1. The standard InChI is InChI=1S/C27H30O7S/c1-20-13-15-23(16-14-20)35(28,29)34-26-25(32-18-22-11-7-4-8-12-22)24(33-27(26)30-2)19-31-17-21-9-5-3-6-10-21/h3-16,24-27H,17-19H2,1-2H3/t24-,25+,26+,27+/m1/s1. The van der Waals surface area contributed by atoms with Crippen LogP contribution in [-0.2, 0) is 46.5 Å². The van der Waals surface area contributed by atoms with Crippen LogP contribution in [0, 0.1) is 6.92 Å². The molecule has 0 aliphatic carbocycles. The van der Waals surface area contributed by atoms with Crippen LogP contribution in [0.15, 0.2) is 89.8 Å². The highest BCUT2D eigenvalue weighted by Crippen LogP contribution is 2.31. The van der Waals surface area contributed by atoms with E-state index < -0.39 is 34.7 Å². The van der Waals surface area contributed by atoms with Crippen molar-refractivity contribution in [3.05, 3.63) is 102 Å². The van der Waals surface area contributed by atoms with Crippen molar-refractivity contribution in [2.75, 3.05) is 13.7 Å². The average molecular weight is 499 g/mol. The molecule has 1 saturated heterocycles. The topological polar surface area (TPSA) is 80.3 Å². The van der Waals surface area contributed by atoms with Gasteiger partial charge in [0.15, 0.2) is 12.4 Å². The van der Waals surface area contributed by atoms with Gasteiger partial charge in [-0.25, -0.2) is 0 Å². The summed E-state index contributed by atoms with van der Waals surface area (Å²) in [4.78, 5) is 0.0588. The first-order chi connectivity index (χ1) is 17.0. The van der Waals surface area contributed by atoms with Gasteiger partial charge in [-0.3, -0.25) is 4.18 Å². The second-order valence-electron chi connectivity index (χ2n) is 8.37. The molecular weight excluding hydrogens is 468 g/mol. The highest BCUT2D eigenvalue weighted by molar-refractivity contribution is 7.86. The Labute approximate surface area is 206 Å².